The molecular formula is C13H14BrClN2. The van der Waals surface area contributed by atoms with Crippen LogP contribution in [-0.4, -0.2) is 11.5 Å². The second-order valence-corrected chi connectivity index (χ2v) is 5.21. The second kappa shape index (κ2) is 5.23. The lowest BCUT2D eigenvalue weighted by molar-refractivity contribution is 0.968. The lowest BCUT2D eigenvalue weighted by Gasteiger charge is -2.10. The molecule has 0 aliphatic carbocycles. The highest BCUT2D eigenvalue weighted by Gasteiger charge is 2.08. The zero-order valence-corrected chi connectivity index (χ0v) is 12.2. The Hall–Kier alpha value is -0.800. The molecule has 0 bridgehead atoms. The number of benzene rings is 1. The fourth-order valence-corrected chi connectivity index (χ4v) is 2.31. The van der Waals surface area contributed by atoms with Crippen molar-refractivity contribution in [3.63, 3.8) is 0 Å². The van der Waals surface area contributed by atoms with E-state index in [-0.39, 0.29) is 0 Å². The monoisotopic (exact) mass is 312 g/mol. The highest BCUT2D eigenvalue weighted by atomic mass is 79.9. The molecule has 0 spiro atoms. The van der Waals surface area contributed by atoms with Gasteiger partial charge in [0, 0.05) is 11.9 Å². The van der Waals surface area contributed by atoms with E-state index in [4.69, 9.17) is 11.6 Å². The van der Waals surface area contributed by atoms with Crippen molar-refractivity contribution in [2.45, 2.75) is 20.3 Å². The number of halogens is 2. The van der Waals surface area contributed by atoms with Gasteiger partial charge in [-0.3, -0.25) is 0 Å². The molecule has 90 valence electrons. The van der Waals surface area contributed by atoms with Crippen LogP contribution in [0.3, 0.4) is 0 Å². The molecule has 0 amide bonds. The predicted molar refractivity (Wildman–Crippen MR) is 78.0 cm³/mol. The topological polar surface area (TPSA) is 24.9 Å². The number of hydrogen-bond donors (Lipinski definition) is 1. The van der Waals surface area contributed by atoms with Crippen LogP contribution >= 0.6 is 27.5 Å². The Balaban J connectivity index is 2.56. The summed E-state index contributed by atoms with van der Waals surface area (Å²) in [5.74, 6) is 0.933. The highest BCUT2D eigenvalue weighted by molar-refractivity contribution is 9.10. The zero-order chi connectivity index (χ0) is 12.4. The van der Waals surface area contributed by atoms with Crippen molar-refractivity contribution < 1.29 is 0 Å². The van der Waals surface area contributed by atoms with Gasteiger partial charge in [0.2, 0.25) is 0 Å². The summed E-state index contributed by atoms with van der Waals surface area (Å²) in [6.45, 7) is 5.13. The van der Waals surface area contributed by atoms with Gasteiger partial charge in [-0.25, -0.2) is 4.98 Å². The van der Waals surface area contributed by atoms with Crippen molar-refractivity contribution in [3.8, 4) is 0 Å². The molecule has 2 nitrogen and oxygen atoms in total. The third-order valence-electron chi connectivity index (χ3n) is 2.61. The predicted octanol–water partition coefficient (Wildman–Crippen LogP) is 4.78. The van der Waals surface area contributed by atoms with E-state index in [0.29, 0.717) is 5.02 Å². The van der Waals surface area contributed by atoms with Crippen LogP contribution in [-0.2, 0) is 0 Å². The summed E-state index contributed by atoms with van der Waals surface area (Å²) in [5.41, 5.74) is 2.06. The Kier molecular flexibility index (Phi) is 3.89. The van der Waals surface area contributed by atoms with E-state index < -0.39 is 0 Å². The molecule has 2 rings (SSSR count). The third kappa shape index (κ3) is 2.55. The van der Waals surface area contributed by atoms with E-state index in [1.165, 1.54) is 0 Å². The number of nitrogens with one attached hydrogen (secondary N) is 1. The molecule has 17 heavy (non-hydrogen) atoms. The van der Waals surface area contributed by atoms with E-state index in [9.17, 15) is 0 Å². The molecule has 1 heterocycles. The smallest absolute Gasteiger partial charge is 0.129 e. The van der Waals surface area contributed by atoms with Crippen LogP contribution in [0.2, 0.25) is 5.02 Å². The minimum atomic E-state index is 0.690. The summed E-state index contributed by atoms with van der Waals surface area (Å²) < 4.78 is 0.858. The number of aryl methyl sites for hydroxylation is 1. The van der Waals surface area contributed by atoms with E-state index in [2.05, 4.69) is 46.1 Å². The Bertz CT molecular complexity index is 555. The quantitative estimate of drug-likeness (QED) is 0.882. The van der Waals surface area contributed by atoms with Crippen molar-refractivity contribution in [2.75, 3.05) is 11.9 Å². The summed E-state index contributed by atoms with van der Waals surface area (Å²) in [7, 11) is 0. The third-order valence-corrected chi connectivity index (χ3v) is 3.96. The van der Waals surface area contributed by atoms with Crippen molar-refractivity contribution in [1.82, 2.24) is 4.98 Å². The summed E-state index contributed by atoms with van der Waals surface area (Å²) in [4.78, 5) is 4.63. The zero-order valence-electron chi connectivity index (χ0n) is 9.85. The van der Waals surface area contributed by atoms with Crippen molar-refractivity contribution in [3.05, 3.63) is 33.3 Å². The average molecular weight is 314 g/mol. The SMILES string of the molecule is CCCNc1nc2c(Br)c(Cl)ccc2cc1C. The molecule has 0 saturated heterocycles. The van der Waals surface area contributed by atoms with Gasteiger partial charge in [-0.2, -0.15) is 0 Å². The molecule has 2 aromatic rings. The van der Waals surface area contributed by atoms with E-state index in [1.807, 2.05) is 12.1 Å². The number of pyridine rings is 1. The van der Waals surface area contributed by atoms with Gasteiger partial charge in [0.1, 0.15) is 5.82 Å². The Morgan fingerprint density at radius 2 is 2.18 bits per heavy atom. The largest absolute Gasteiger partial charge is 0.370 e. The van der Waals surface area contributed by atoms with Crippen LogP contribution < -0.4 is 5.32 Å². The highest BCUT2D eigenvalue weighted by Crippen LogP contribution is 2.31. The van der Waals surface area contributed by atoms with Gasteiger partial charge in [0.05, 0.1) is 15.0 Å². The maximum absolute atomic E-state index is 6.08. The molecule has 0 fully saturated rings. The number of fused-ring (bicyclic) bond motifs is 1. The fourth-order valence-electron chi connectivity index (χ4n) is 1.71. The molecule has 4 heteroatoms. The summed E-state index contributed by atoms with van der Waals surface area (Å²) in [6.07, 6.45) is 1.08. The molecule has 0 radical (unpaired) electrons. The molecule has 0 atom stereocenters. The van der Waals surface area contributed by atoms with Crippen molar-refractivity contribution in [2.24, 2.45) is 0 Å². The first-order chi connectivity index (χ1) is 8.13. The minimum Gasteiger partial charge on any atom is -0.370 e. The lowest BCUT2D eigenvalue weighted by atomic mass is 10.1. The fraction of sp³-hybridized carbons (Fsp3) is 0.308. The number of nitrogens with zero attached hydrogens (tertiary/aromatic N) is 1. The Morgan fingerprint density at radius 1 is 1.41 bits per heavy atom. The maximum Gasteiger partial charge on any atom is 0.129 e. The maximum atomic E-state index is 6.08. The second-order valence-electron chi connectivity index (χ2n) is 4.01. The molecular weight excluding hydrogens is 300 g/mol. The average Bonchev–Trinajstić information content (AvgIpc) is 2.32. The number of hydrogen-bond acceptors (Lipinski definition) is 2. The molecule has 1 aromatic heterocycles. The van der Waals surface area contributed by atoms with Crippen LogP contribution in [0.15, 0.2) is 22.7 Å². The van der Waals surface area contributed by atoms with Gasteiger partial charge in [-0.1, -0.05) is 24.6 Å². The Morgan fingerprint density at radius 3 is 2.88 bits per heavy atom. The van der Waals surface area contributed by atoms with Crippen LogP contribution in [0.25, 0.3) is 10.9 Å². The van der Waals surface area contributed by atoms with E-state index in [0.717, 1.165) is 39.7 Å². The van der Waals surface area contributed by atoms with Crippen molar-refractivity contribution in [1.29, 1.82) is 0 Å². The lowest BCUT2D eigenvalue weighted by Crippen LogP contribution is -2.04. The van der Waals surface area contributed by atoms with Crippen LogP contribution in [0.4, 0.5) is 5.82 Å². The molecule has 0 aliphatic heterocycles. The molecule has 0 aliphatic rings. The number of aromatic nitrogens is 1. The van der Waals surface area contributed by atoms with Gasteiger partial charge in [0.25, 0.3) is 0 Å². The van der Waals surface area contributed by atoms with Gasteiger partial charge in [0.15, 0.2) is 0 Å². The molecule has 1 aromatic carbocycles. The normalized spacial score (nSPS) is 10.8. The van der Waals surface area contributed by atoms with Crippen LogP contribution in [0.1, 0.15) is 18.9 Å². The summed E-state index contributed by atoms with van der Waals surface area (Å²) >= 11 is 9.56. The van der Waals surface area contributed by atoms with Gasteiger partial charge >= 0.3 is 0 Å². The first-order valence-corrected chi connectivity index (χ1v) is 6.79. The Labute approximate surface area is 115 Å². The summed E-state index contributed by atoms with van der Waals surface area (Å²) in [6, 6.07) is 6.00. The molecule has 0 unspecified atom stereocenters. The van der Waals surface area contributed by atoms with Gasteiger partial charge < -0.3 is 5.32 Å². The summed E-state index contributed by atoms with van der Waals surface area (Å²) in [5, 5.41) is 5.11. The standard InChI is InChI=1S/C13H14BrClN2/c1-3-6-16-13-8(2)7-9-4-5-10(15)11(14)12(9)17-13/h4-5,7H,3,6H2,1-2H3,(H,16,17). The van der Waals surface area contributed by atoms with Gasteiger partial charge in [-0.05, 0) is 47.0 Å². The molecule has 1 N–H and O–H groups in total. The van der Waals surface area contributed by atoms with Gasteiger partial charge in [-0.15, -0.1) is 0 Å². The first-order valence-electron chi connectivity index (χ1n) is 5.62. The minimum absolute atomic E-state index is 0.690. The van der Waals surface area contributed by atoms with Crippen molar-refractivity contribution >= 4 is 44.3 Å². The van der Waals surface area contributed by atoms with Crippen LogP contribution in [0, 0.1) is 6.92 Å². The van der Waals surface area contributed by atoms with E-state index >= 15 is 0 Å². The number of anilines is 1. The van der Waals surface area contributed by atoms with E-state index in [1.54, 1.807) is 0 Å². The first kappa shape index (κ1) is 12.7. The van der Waals surface area contributed by atoms with Crippen LogP contribution in [0.5, 0.6) is 0 Å². The number of rotatable bonds is 3. The molecule has 0 saturated carbocycles.